The van der Waals surface area contributed by atoms with Crippen LogP contribution in [0, 0.1) is 0 Å². The first-order chi connectivity index (χ1) is 24.3. The molecule has 0 amide bonds. The number of esters is 1. The number of phenols is 1. The van der Waals surface area contributed by atoms with E-state index in [1.54, 1.807) is 44.6 Å². The number of hydrogen-bond donors (Lipinski definition) is 1. The maximum absolute atomic E-state index is 11.4. The van der Waals surface area contributed by atoms with Crippen LogP contribution in [-0.4, -0.2) is 78.7 Å². The van der Waals surface area contributed by atoms with Gasteiger partial charge in [-0.05, 0) is 72.3 Å². The molecule has 0 fully saturated rings. The molecule has 0 radical (unpaired) electrons. The van der Waals surface area contributed by atoms with E-state index in [4.69, 9.17) is 14.2 Å². The fourth-order valence-electron chi connectivity index (χ4n) is 4.92. The lowest BCUT2D eigenvalue weighted by Crippen LogP contribution is -2.12. The van der Waals surface area contributed by atoms with Crippen LogP contribution < -0.4 is 24.0 Å². The van der Waals surface area contributed by atoms with Crippen molar-refractivity contribution in [2.75, 3.05) is 52.2 Å². The van der Waals surface area contributed by atoms with Gasteiger partial charge in [-0.3, -0.25) is 9.59 Å². The Hall–Kier alpha value is -6.01. The first-order valence-electron chi connectivity index (χ1n) is 15.6. The predicted octanol–water partition coefficient (Wildman–Crippen LogP) is 7.15. The molecule has 51 heavy (non-hydrogen) atoms. The molecule has 4 aromatic carbocycles. The van der Waals surface area contributed by atoms with Crippen LogP contribution in [0.5, 0.6) is 23.0 Å². The van der Waals surface area contributed by atoms with E-state index in [-0.39, 0.29) is 17.0 Å². The molecule has 1 N–H and O–H groups in total. The van der Waals surface area contributed by atoms with Crippen LogP contribution >= 0.6 is 11.6 Å². The Labute approximate surface area is 301 Å². The van der Waals surface area contributed by atoms with Gasteiger partial charge in [0.15, 0.2) is 11.6 Å². The maximum atomic E-state index is 11.4. The fraction of sp³-hybridized carbons (Fsp3) is 0.211. The summed E-state index contributed by atoms with van der Waals surface area (Å²) < 4.78 is 15.9. The topological polar surface area (TPSA) is 140 Å². The molecule has 0 aliphatic rings. The van der Waals surface area contributed by atoms with E-state index >= 15 is 0 Å². The van der Waals surface area contributed by atoms with E-state index in [1.807, 2.05) is 92.6 Å². The van der Waals surface area contributed by atoms with Gasteiger partial charge in [0.25, 0.3) is 0 Å². The lowest BCUT2D eigenvalue weighted by molar-refractivity contribution is -0.131. The minimum absolute atomic E-state index is 0.167. The molecule has 6 aromatic rings. The van der Waals surface area contributed by atoms with Crippen molar-refractivity contribution in [1.29, 1.82) is 0 Å². The molecule has 0 aliphatic carbocycles. The van der Waals surface area contributed by atoms with Gasteiger partial charge in [-0.1, -0.05) is 24.3 Å². The number of para-hydroxylation sites is 2. The molecule has 2 heterocycles. The van der Waals surface area contributed by atoms with Gasteiger partial charge < -0.3 is 29.1 Å². The number of anilines is 2. The minimum atomic E-state index is -0.384. The zero-order valence-electron chi connectivity index (χ0n) is 29.6. The lowest BCUT2D eigenvalue weighted by atomic mass is 10.1. The number of nitrogens with zero attached hydrogens (tertiary/aromatic N) is 6. The number of hydrogen-bond acceptors (Lipinski definition) is 12. The highest BCUT2D eigenvalue weighted by Gasteiger charge is 2.16. The standard InChI is InChI=1S/C19H19N3O3.C17H17N3O2.C2H3ClO/c1-12(23)25-17-8-6-5-7-14(17)18-20-16-10-9-13(24-4)11-15(16)19(21-18)22(2)3;1-20(2)17-13-10-11(22-3)8-9-14(13)18-16(19-17)12-6-4-5-7-15(12)21;1-2(3)4/h5-11H,1-4H3;4-10,21H,1-3H3;1H3. The molecular weight excluding hydrogens is 672 g/mol. The molecule has 0 aliphatic heterocycles. The van der Waals surface area contributed by atoms with Crippen molar-refractivity contribution in [3.8, 4) is 45.8 Å². The van der Waals surface area contributed by atoms with Crippen LogP contribution in [0.1, 0.15) is 13.8 Å². The average Bonchev–Trinajstić information content (AvgIpc) is 3.10. The van der Waals surface area contributed by atoms with Crippen molar-refractivity contribution >= 4 is 56.3 Å². The van der Waals surface area contributed by atoms with E-state index in [2.05, 4.69) is 31.5 Å². The lowest BCUT2D eigenvalue weighted by Gasteiger charge is -2.17. The van der Waals surface area contributed by atoms with Gasteiger partial charge in [0.2, 0.25) is 5.24 Å². The molecule has 0 atom stereocenters. The van der Waals surface area contributed by atoms with E-state index in [0.29, 0.717) is 28.5 Å². The number of aromatic hydroxyl groups is 1. The van der Waals surface area contributed by atoms with E-state index in [1.165, 1.54) is 13.8 Å². The Morgan fingerprint density at radius 3 is 1.51 bits per heavy atom. The Kier molecular flexibility index (Phi) is 12.7. The molecule has 2 aromatic heterocycles. The summed E-state index contributed by atoms with van der Waals surface area (Å²) in [7, 11) is 11.0. The smallest absolute Gasteiger partial charge is 0.308 e. The fourth-order valence-corrected chi connectivity index (χ4v) is 4.92. The first kappa shape index (κ1) is 37.8. The molecule has 0 unspecified atom stereocenters. The van der Waals surface area contributed by atoms with Gasteiger partial charge in [-0.15, -0.1) is 0 Å². The predicted molar refractivity (Wildman–Crippen MR) is 201 cm³/mol. The van der Waals surface area contributed by atoms with Gasteiger partial charge in [-0.2, -0.15) is 0 Å². The molecule has 0 bridgehead atoms. The molecule has 6 rings (SSSR count). The molecule has 13 heteroatoms. The Morgan fingerprint density at radius 2 is 1.08 bits per heavy atom. The zero-order valence-corrected chi connectivity index (χ0v) is 30.4. The first-order valence-corrected chi connectivity index (χ1v) is 16.0. The highest BCUT2D eigenvalue weighted by atomic mass is 35.5. The summed E-state index contributed by atoms with van der Waals surface area (Å²) in [6.07, 6.45) is 0. The second kappa shape index (κ2) is 17.1. The Bertz CT molecular complexity index is 2170. The summed E-state index contributed by atoms with van der Waals surface area (Å²) in [5, 5.41) is 11.5. The number of carbonyl (C=O) groups is 2. The van der Waals surface area contributed by atoms with Gasteiger partial charge in [0.05, 0.1) is 36.4 Å². The third-order valence-corrected chi connectivity index (χ3v) is 7.14. The van der Waals surface area contributed by atoms with Gasteiger partial charge >= 0.3 is 5.97 Å². The number of carbonyl (C=O) groups excluding carboxylic acids is 2. The van der Waals surface area contributed by atoms with Crippen molar-refractivity contribution in [3.05, 3.63) is 84.9 Å². The van der Waals surface area contributed by atoms with Crippen LogP contribution in [0.2, 0.25) is 0 Å². The van der Waals surface area contributed by atoms with Crippen LogP contribution in [-0.2, 0) is 9.59 Å². The second-order valence-electron chi connectivity index (χ2n) is 11.4. The SMILES string of the molecule is CC(=O)Cl.COc1ccc2nc(-c3ccccc3O)nc(N(C)C)c2c1.COc1ccc2nc(-c3ccccc3OC(C)=O)nc(N(C)C)c2c1. The molecule has 0 saturated carbocycles. The van der Waals surface area contributed by atoms with Crippen LogP contribution in [0.4, 0.5) is 11.6 Å². The second-order valence-corrected chi connectivity index (χ2v) is 11.9. The monoisotopic (exact) mass is 710 g/mol. The molecule has 12 nitrogen and oxygen atoms in total. The average molecular weight is 711 g/mol. The van der Waals surface area contributed by atoms with Crippen molar-refractivity contribution < 1.29 is 28.9 Å². The zero-order chi connectivity index (χ0) is 37.2. The van der Waals surface area contributed by atoms with Crippen molar-refractivity contribution in [3.63, 3.8) is 0 Å². The number of methoxy groups -OCH3 is 2. The van der Waals surface area contributed by atoms with Gasteiger partial charge in [0.1, 0.15) is 34.6 Å². The van der Waals surface area contributed by atoms with Crippen LogP contribution in [0.3, 0.4) is 0 Å². The molecular formula is C38H39ClN6O6. The van der Waals surface area contributed by atoms with Crippen molar-refractivity contribution in [2.45, 2.75) is 13.8 Å². The van der Waals surface area contributed by atoms with Crippen molar-refractivity contribution in [1.82, 2.24) is 19.9 Å². The van der Waals surface area contributed by atoms with Crippen LogP contribution in [0.15, 0.2) is 84.9 Å². The maximum Gasteiger partial charge on any atom is 0.308 e. The number of fused-ring (bicyclic) bond motifs is 2. The van der Waals surface area contributed by atoms with E-state index < -0.39 is 0 Å². The summed E-state index contributed by atoms with van der Waals surface area (Å²) in [5.41, 5.74) is 2.87. The number of ether oxygens (including phenoxy) is 3. The number of rotatable bonds is 7. The highest BCUT2D eigenvalue weighted by molar-refractivity contribution is 6.62. The van der Waals surface area contributed by atoms with Crippen LogP contribution in [0.25, 0.3) is 44.6 Å². The Balaban J connectivity index is 0.000000208. The normalized spacial score (nSPS) is 10.3. The number of halogens is 1. The largest absolute Gasteiger partial charge is 0.507 e. The number of aromatic nitrogens is 4. The molecule has 264 valence electrons. The Morgan fingerprint density at radius 1 is 0.647 bits per heavy atom. The van der Waals surface area contributed by atoms with Gasteiger partial charge in [-0.25, -0.2) is 19.9 Å². The van der Waals surface area contributed by atoms with E-state index in [9.17, 15) is 14.7 Å². The quantitative estimate of drug-likeness (QED) is 0.102. The van der Waals surface area contributed by atoms with Gasteiger partial charge in [0, 0.05) is 52.8 Å². The third kappa shape index (κ3) is 9.58. The molecule has 0 spiro atoms. The summed E-state index contributed by atoms with van der Waals surface area (Å²) in [6, 6.07) is 25.6. The summed E-state index contributed by atoms with van der Waals surface area (Å²) in [5.74, 6) is 4.26. The number of phenolic OH excluding ortho intramolecular Hbond substituents is 1. The highest BCUT2D eigenvalue weighted by Crippen LogP contribution is 2.34. The number of benzene rings is 4. The molecule has 0 saturated heterocycles. The summed E-state index contributed by atoms with van der Waals surface area (Å²) in [4.78, 5) is 42.9. The van der Waals surface area contributed by atoms with Crippen molar-refractivity contribution in [2.24, 2.45) is 0 Å². The van der Waals surface area contributed by atoms with E-state index in [0.717, 1.165) is 44.9 Å². The summed E-state index contributed by atoms with van der Waals surface area (Å²) in [6.45, 7) is 2.66. The minimum Gasteiger partial charge on any atom is -0.507 e. The summed E-state index contributed by atoms with van der Waals surface area (Å²) >= 11 is 4.64. The third-order valence-electron chi connectivity index (χ3n) is 7.14.